The van der Waals surface area contributed by atoms with E-state index in [-0.39, 0.29) is 5.69 Å². The first-order valence-electron chi connectivity index (χ1n) is 8.15. The molecule has 24 heavy (non-hydrogen) atoms. The van der Waals surface area contributed by atoms with E-state index in [1.807, 2.05) is 6.92 Å². The van der Waals surface area contributed by atoms with E-state index < -0.39 is 0 Å². The van der Waals surface area contributed by atoms with Crippen molar-refractivity contribution in [2.75, 3.05) is 11.9 Å². The third-order valence-corrected chi connectivity index (χ3v) is 4.60. The monoisotopic (exact) mass is 346 g/mol. The lowest BCUT2D eigenvalue weighted by Crippen LogP contribution is -2.08. The molecule has 0 saturated heterocycles. The number of hydrogen-bond donors (Lipinski definition) is 3. The first-order valence-corrected chi connectivity index (χ1v) is 9.03. The van der Waals surface area contributed by atoms with Gasteiger partial charge in [-0.25, -0.2) is 19.9 Å². The summed E-state index contributed by atoms with van der Waals surface area (Å²) >= 11 is 1.68. The van der Waals surface area contributed by atoms with Gasteiger partial charge in [-0.05, 0) is 36.6 Å². The second kappa shape index (κ2) is 7.12. The second-order valence-electron chi connectivity index (χ2n) is 6.31. The molecule has 0 aliphatic rings. The molecule has 0 aliphatic heterocycles. The maximum absolute atomic E-state index is 11.0. The van der Waals surface area contributed by atoms with Gasteiger partial charge in [-0.3, -0.25) is 4.98 Å². The fourth-order valence-electron chi connectivity index (χ4n) is 2.71. The largest absolute Gasteiger partial charge is 0.369 e. The third kappa shape index (κ3) is 3.81. The SMILES string of the molecule is Cc1nc(NCCCc2n[nH]c(=O)[nH]2)c2c(CC(C)C)csc2n1. The van der Waals surface area contributed by atoms with E-state index >= 15 is 0 Å². The van der Waals surface area contributed by atoms with Crippen LogP contribution in [0.5, 0.6) is 0 Å². The Balaban J connectivity index is 1.72. The fourth-order valence-corrected chi connectivity index (χ4v) is 3.71. The summed E-state index contributed by atoms with van der Waals surface area (Å²) in [6, 6.07) is 0. The van der Waals surface area contributed by atoms with Gasteiger partial charge in [0.05, 0.1) is 5.39 Å². The van der Waals surface area contributed by atoms with E-state index in [4.69, 9.17) is 0 Å². The van der Waals surface area contributed by atoms with Crippen molar-refractivity contribution in [1.82, 2.24) is 25.1 Å². The lowest BCUT2D eigenvalue weighted by molar-refractivity contribution is 0.651. The van der Waals surface area contributed by atoms with Gasteiger partial charge in [0.2, 0.25) is 0 Å². The lowest BCUT2D eigenvalue weighted by Gasteiger charge is -2.10. The first-order chi connectivity index (χ1) is 11.5. The molecule has 0 fully saturated rings. The molecule has 0 unspecified atom stereocenters. The van der Waals surface area contributed by atoms with Gasteiger partial charge < -0.3 is 5.32 Å². The normalized spacial score (nSPS) is 11.5. The average molecular weight is 346 g/mol. The average Bonchev–Trinajstić information content (AvgIpc) is 3.09. The van der Waals surface area contributed by atoms with Crippen molar-refractivity contribution in [2.24, 2.45) is 5.92 Å². The van der Waals surface area contributed by atoms with Crippen LogP contribution in [0.2, 0.25) is 0 Å². The van der Waals surface area contributed by atoms with E-state index in [2.05, 4.69) is 49.7 Å². The van der Waals surface area contributed by atoms with Crippen molar-refractivity contribution in [2.45, 2.75) is 40.0 Å². The quantitative estimate of drug-likeness (QED) is 0.571. The van der Waals surface area contributed by atoms with E-state index in [0.717, 1.165) is 41.2 Å². The minimum absolute atomic E-state index is 0.261. The van der Waals surface area contributed by atoms with Gasteiger partial charge in [-0.15, -0.1) is 11.3 Å². The molecule has 128 valence electrons. The Labute approximate surface area is 143 Å². The minimum Gasteiger partial charge on any atom is -0.369 e. The van der Waals surface area contributed by atoms with Gasteiger partial charge in [-0.1, -0.05) is 13.8 Å². The summed E-state index contributed by atoms with van der Waals surface area (Å²) in [6.07, 6.45) is 2.59. The zero-order chi connectivity index (χ0) is 17.1. The van der Waals surface area contributed by atoms with Crippen LogP contribution in [-0.4, -0.2) is 31.7 Å². The lowest BCUT2D eigenvalue weighted by atomic mass is 10.0. The molecule has 0 saturated carbocycles. The Morgan fingerprint density at radius 1 is 1.33 bits per heavy atom. The highest BCUT2D eigenvalue weighted by Crippen LogP contribution is 2.31. The highest BCUT2D eigenvalue weighted by atomic mass is 32.1. The Hall–Kier alpha value is -2.22. The molecular formula is C16H22N6OS. The molecule has 3 heterocycles. The van der Waals surface area contributed by atoms with Crippen molar-refractivity contribution in [3.63, 3.8) is 0 Å². The number of aryl methyl sites for hydroxylation is 2. The number of thiophene rings is 1. The van der Waals surface area contributed by atoms with Crippen LogP contribution in [0.3, 0.4) is 0 Å². The second-order valence-corrected chi connectivity index (χ2v) is 7.17. The number of aromatic nitrogens is 5. The van der Waals surface area contributed by atoms with Gasteiger partial charge >= 0.3 is 5.69 Å². The molecule has 3 aromatic heterocycles. The van der Waals surface area contributed by atoms with Crippen LogP contribution in [0.4, 0.5) is 5.82 Å². The van der Waals surface area contributed by atoms with Crippen LogP contribution in [0.1, 0.15) is 37.5 Å². The molecule has 3 rings (SSSR count). The van der Waals surface area contributed by atoms with Crippen molar-refractivity contribution in [1.29, 1.82) is 0 Å². The van der Waals surface area contributed by atoms with E-state index in [9.17, 15) is 4.79 Å². The predicted molar refractivity (Wildman–Crippen MR) is 96.7 cm³/mol. The highest BCUT2D eigenvalue weighted by molar-refractivity contribution is 7.17. The summed E-state index contributed by atoms with van der Waals surface area (Å²) in [6.45, 7) is 7.12. The van der Waals surface area contributed by atoms with Crippen LogP contribution >= 0.6 is 11.3 Å². The Kier molecular flexibility index (Phi) is 4.94. The maximum Gasteiger partial charge on any atom is 0.340 e. The van der Waals surface area contributed by atoms with Gasteiger partial charge in [0.25, 0.3) is 0 Å². The Morgan fingerprint density at radius 3 is 2.88 bits per heavy atom. The zero-order valence-corrected chi connectivity index (χ0v) is 15.0. The van der Waals surface area contributed by atoms with Gasteiger partial charge in [0.15, 0.2) is 0 Å². The summed E-state index contributed by atoms with van der Waals surface area (Å²) in [5, 5.41) is 13.1. The summed E-state index contributed by atoms with van der Waals surface area (Å²) in [5.41, 5.74) is 1.05. The maximum atomic E-state index is 11.0. The highest BCUT2D eigenvalue weighted by Gasteiger charge is 2.13. The van der Waals surface area contributed by atoms with Crippen molar-refractivity contribution >= 4 is 27.4 Å². The van der Waals surface area contributed by atoms with Crippen LogP contribution in [0.15, 0.2) is 10.2 Å². The molecule has 3 N–H and O–H groups in total. The number of nitrogens with one attached hydrogen (secondary N) is 3. The number of rotatable bonds is 7. The summed E-state index contributed by atoms with van der Waals surface area (Å²) in [7, 11) is 0. The number of H-pyrrole nitrogens is 2. The van der Waals surface area contributed by atoms with Gasteiger partial charge in [0.1, 0.15) is 22.3 Å². The topological polar surface area (TPSA) is 99.4 Å². The number of nitrogens with zero attached hydrogens (tertiary/aromatic N) is 3. The molecule has 0 aromatic carbocycles. The predicted octanol–water partition coefficient (Wildman–Crippen LogP) is 2.65. The smallest absolute Gasteiger partial charge is 0.340 e. The molecule has 0 amide bonds. The third-order valence-electron chi connectivity index (χ3n) is 3.68. The molecular weight excluding hydrogens is 324 g/mol. The van der Waals surface area contributed by atoms with Crippen molar-refractivity contribution in [3.05, 3.63) is 33.1 Å². The van der Waals surface area contributed by atoms with Crippen molar-refractivity contribution in [3.8, 4) is 0 Å². The molecule has 7 nitrogen and oxygen atoms in total. The molecule has 0 spiro atoms. The summed E-state index contributed by atoms with van der Waals surface area (Å²) < 4.78 is 0. The fraction of sp³-hybridized carbons (Fsp3) is 0.500. The molecule has 3 aromatic rings. The molecule has 0 atom stereocenters. The molecule has 0 radical (unpaired) electrons. The number of aromatic amines is 2. The number of hydrogen-bond acceptors (Lipinski definition) is 6. The van der Waals surface area contributed by atoms with Crippen LogP contribution < -0.4 is 11.0 Å². The van der Waals surface area contributed by atoms with Crippen LogP contribution in [0.25, 0.3) is 10.2 Å². The molecule has 0 bridgehead atoms. The van der Waals surface area contributed by atoms with Crippen LogP contribution in [-0.2, 0) is 12.8 Å². The summed E-state index contributed by atoms with van der Waals surface area (Å²) in [5.74, 6) is 2.96. The number of anilines is 1. The van der Waals surface area contributed by atoms with E-state index in [0.29, 0.717) is 18.2 Å². The van der Waals surface area contributed by atoms with Crippen LogP contribution in [0, 0.1) is 12.8 Å². The number of fused-ring (bicyclic) bond motifs is 1. The standard InChI is InChI=1S/C16H22N6OS/c1-9(2)7-11-8-24-15-13(11)14(18-10(3)19-15)17-6-4-5-12-20-16(23)22-21-12/h8-9H,4-7H2,1-3H3,(H,17,18,19)(H2,20,21,22,23). The van der Waals surface area contributed by atoms with Gasteiger partial charge in [0, 0.05) is 13.0 Å². The zero-order valence-electron chi connectivity index (χ0n) is 14.1. The molecule has 0 aliphatic carbocycles. The summed E-state index contributed by atoms with van der Waals surface area (Å²) in [4.78, 5) is 23.9. The first kappa shape index (κ1) is 16.6. The Bertz CT molecular complexity index is 878. The van der Waals surface area contributed by atoms with E-state index in [1.165, 1.54) is 5.56 Å². The van der Waals surface area contributed by atoms with Crippen molar-refractivity contribution < 1.29 is 0 Å². The molecule has 8 heteroatoms. The van der Waals surface area contributed by atoms with Gasteiger partial charge in [-0.2, -0.15) is 5.10 Å². The minimum atomic E-state index is -0.261. The Morgan fingerprint density at radius 2 is 2.17 bits per heavy atom. The van der Waals surface area contributed by atoms with E-state index in [1.54, 1.807) is 11.3 Å².